The Bertz CT molecular complexity index is 1450. The number of nitro groups is 1. The minimum atomic E-state index is -0.498. The van der Waals surface area contributed by atoms with Crippen molar-refractivity contribution in [1.82, 2.24) is 4.98 Å². The summed E-state index contributed by atoms with van der Waals surface area (Å²) in [5.41, 5.74) is 6.59. The van der Waals surface area contributed by atoms with Crippen molar-refractivity contribution in [1.29, 1.82) is 0 Å². The number of nitrogens with zero attached hydrogens (tertiary/aromatic N) is 3. The zero-order chi connectivity index (χ0) is 25.4. The summed E-state index contributed by atoms with van der Waals surface area (Å²) in [5.74, 6) is 0.0270. The molecule has 5 rings (SSSR count). The number of carbonyl (C=O) groups is 1. The fourth-order valence-corrected chi connectivity index (χ4v) is 4.28. The Labute approximate surface area is 207 Å². The van der Waals surface area contributed by atoms with E-state index in [1.807, 2.05) is 56.0 Å². The number of fused-ring (bicyclic) bond motifs is 1. The van der Waals surface area contributed by atoms with Gasteiger partial charge in [0, 0.05) is 36.5 Å². The lowest BCUT2D eigenvalue weighted by Crippen LogP contribution is -2.37. The van der Waals surface area contributed by atoms with Crippen LogP contribution in [-0.4, -0.2) is 42.1 Å². The SMILES string of the molecule is Cc1cc2nc(-c3ccc(C)c(NC(=O)c4cc([N+](=O)[O-])ccc4N4CCOCC4)c3)oc2cc1C. The molecule has 1 aromatic heterocycles. The molecule has 3 aromatic carbocycles. The number of amides is 1. The third-order valence-corrected chi connectivity index (χ3v) is 6.52. The number of nitrogens with one attached hydrogen (secondary N) is 1. The molecule has 0 aliphatic carbocycles. The number of aryl methyl sites for hydroxylation is 3. The van der Waals surface area contributed by atoms with Crippen LogP contribution in [0.3, 0.4) is 0 Å². The quantitative estimate of drug-likeness (QED) is 0.296. The van der Waals surface area contributed by atoms with E-state index in [1.54, 1.807) is 6.07 Å². The Morgan fingerprint density at radius 3 is 2.50 bits per heavy atom. The third kappa shape index (κ3) is 4.52. The van der Waals surface area contributed by atoms with E-state index in [4.69, 9.17) is 9.15 Å². The summed E-state index contributed by atoms with van der Waals surface area (Å²) in [7, 11) is 0. The molecule has 36 heavy (non-hydrogen) atoms. The molecule has 1 fully saturated rings. The summed E-state index contributed by atoms with van der Waals surface area (Å²) in [6.45, 7) is 8.20. The highest BCUT2D eigenvalue weighted by molar-refractivity contribution is 6.09. The van der Waals surface area contributed by atoms with Crippen molar-refractivity contribution in [2.24, 2.45) is 0 Å². The van der Waals surface area contributed by atoms with Gasteiger partial charge in [-0.15, -0.1) is 0 Å². The second-order valence-electron chi connectivity index (χ2n) is 8.97. The lowest BCUT2D eigenvalue weighted by molar-refractivity contribution is -0.384. The van der Waals surface area contributed by atoms with Gasteiger partial charge in [0.2, 0.25) is 5.89 Å². The van der Waals surface area contributed by atoms with Crippen molar-refractivity contribution >= 4 is 34.1 Å². The number of hydrogen-bond acceptors (Lipinski definition) is 7. The van der Waals surface area contributed by atoms with Gasteiger partial charge in [0.05, 0.1) is 29.4 Å². The van der Waals surface area contributed by atoms with Gasteiger partial charge in [0.15, 0.2) is 5.58 Å². The fourth-order valence-electron chi connectivity index (χ4n) is 4.28. The van der Waals surface area contributed by atoms with Crippen molar-refractivity contribution in [3.63, 3.8) is 0 Å². The molecule has 9 nitrogen and oxygen atoms in total. The van der Waals surface area contributed by atoms with Crippen LogP contribution in [0.15, 0.2) is 52.9 Å². The van der Waals surface area contributed by atoms with Crippen LogP contribution < -0.4 is 10.2 Å². The van der Waals surface area contributed by atoms with Gasteiger partial charge in [-0.1, -0.05) is 6.07 Å². The van der Waals surface area contributed by atoms with E-state index in [2.05, 4.69) is 10.3 Å². The Balaban J connectivity index is 1.49. The molecule has 0 bridgehead atoms. The number of non-ortho nitro benzene ring substituents is 1. The standard InChI is InChI=1S/C27H26N4O5/c1-16-4-5-19(27-29-23-12-17(2)18(3)13-25(23)36-27)14-22(16)28-26(32)21-15-20(31(33)34)6-7-24(21)30-8-10-35-11-9-30/h4-7,12-15H,8-11H2,1-3H3,(H,28,32). The first-order valence-electron chi connectivity index (χ1n) is 11.7. The van der Waals surface area contributed by atoms with Gasteiger partial charge in [0.1, 0.15) is 5.52 Å². The summed E-state index contributed by atoms with van der Waals surface area (Å²) in [6.07, 6.45) is 0. The predicted octanol–water partition coefficient (Wildman–Crippen LogP) is 5.42. The minimum Gasteiger partial charge on any atom is -0.436 e. The van der Waals surface area contributed by atoms with Crippen LogP contribution in [0.1, 0.15) is 27.0 Å². The molecule has 1 saturated heterocycles. The highest BCUT2D eigenvalue weighted by Gasteiger charge is 2.23. The average Bonchev–Trinajstić information content (AvgIpc) is 3.28. The molecular weight excluding hydrogens is 460 g/mol. The Morgan fingerprint density at radius 2 is 1.75 bits per heavy atom. The first-order chi connectivity index (χ1) is 17.3. The average molecular weight is 487 g/mol. The number of benzene rings is 3. The maximum Gasteiger partial charge on any atom is 0.270 e. The molecule has 1 N–H and O–H groups in total. The zero-order valence-corrected chi connectivity index (χ0v) is 20.3. The van der Waals surface area contributed by atoms with E-state index in [0.717, 1.165) is 27.8 Å². The molecule has 1 aliphatic rings. The third-order valence-electron chi connectivity index (χ3n) is 6.52. The first kappa shape index (κ1) is 23.5. The highest BCUT2D eigenvalue weighted by atomic mass is 16.6. The van der Waals surface area contributed by atoms with Crippen molar-refractivity contribution in [2.75, 3.05) is 36.5 Å². The number of oxazole rings is 1. The van der Waals surface area contributed by atoms with Crippen LogP contribution in [0.5, 0.6) is 0 Å². The van der Waals surface area contributed by atoms with Crippen molar-refractivity contribution in [2.45, 2.75) is 20.8 Å². The fraction of sp³-hybridized carbons (Fsp3) is 0.259. The van der Waals surface area contributed by atoms with Gasteiger partial charge in [-0.2, -0.15) is 0 Å². The monoisotopic (exact) mass is 486 g/mol. The molecule has 0 unspecified atom stereocenters. The molecule has 0 saturated carbocycles. The summed E-state index contributed by atoms with van der Waals surface area (Å²) in [6, 6.07) is 13.9. The van der Waals surface area contributed by atoms with E-state index < -0.39 is 10.8 Å². The van der Waals surface area contributed by atoms with Crippen LogP contribution in [0.4, 0.5) is 17.1 Å². The predicted molar refractivity (Wildman–Crippen MR) is 138 cm³/mol. The van der Waals surface area contributed by atoms with Crippen molar-refractivity contribution in [3.05, 3.63) is 80.9 Å². The number of hydrogen-bond donors (Lipinski definition) is 1. The van der Waals surface area contributed by atoms with Gasteiger partial charge in [0.25, 0.3) is 11.6 Å². The Morgan fingerprint density at radius 1 is 1.00 bits per heavy atom. The summed E-state index contributed by atoms with van der Waals surface area (Å²) < 4.78 is 11.4. The number of ether oxygens (including phenoxy) is 1. The number of nitro benzene ring substituents is 1. The minimum absolute atomic E-state index is 0.139. The Kier molecular flexibility index (Phi) is 6.15. The van der Waals surface area contributed by atoms with Gasteiger partial charge in [-0.25, -0.2) is 4.98 Å². The van der Waals surface area contributed by atoms with E-state index in [0.29, 0.717) is 49.2 Å². The molecule has 0 spiro atoms. The summed E-state index contributed by atoms with van der Waals surface area (Å²) in [5, 5.41) is 14.4. The lowest BCUT2D eigenvalue weighted by Gasteiger charge is -2.30. The molecule has 9 heteroatoms. The molecular formula is C27H26N4O5. The van der Waals surface area contributed by atoms with Crippen molar-refractivity contribution < 1.29 is 18.9 Å². The van der Waals surface area contributed by atoms with Crippen LogP contribution in [0.2, 0.25) is 0 Å². The summed E-state index contributed by atoms with van der Waals surface area (Å²) in [4.78, 5) is 31.0. The molecule has 1 amide bonds. The van der Waals surface area contributed by atoms with Gasteiger partial charge < -0.3 is 19.4 Å². The molecule has 4 aromatic rings. The van der Waals surface area contributed by atoms with Crippen LogP contribution in [-0.2, 0) is 4.74 Å². The molecule has 2 heterocycles. The maximum atomic E-state index is 13.4. The van der Waals surface area contributed by atoms with E-state index in [-0.39, 0.29) is 11.3 Å². The largest absolute Gasteiger partial charge is 0.436 e. The van der Waals surface area contributed by atoms with Crippen LogP contribution in [0.25, 0.3) is 22.6 Å². The van der Waals surface area contributed by atoms with Crippen LogP contribution in [0, 0.1) is 30.9 Å². The van der Waals surface area contributed by atoms with E-state index >= 15 is 0 Å². The number of rotatable bonds is 5. The number of morpholine rings is 1. The van der Waals surface area contributed by atoms with Gasteiger partial charge in [-0.3, -0.25) is 14.9 Å². The second-order valence-corrected chi connectivity index (χ2v) is 8.97. The molecule has 1 aliphatic heterocycles. The van der Waals surface area contributed by atoms with Gasteiger partial charge >= 0.3 is 0 Å². The number of anilines is 2. The van der Waals surface area contributed by atoms with Crippen LogP contribution >= 0.6 is 0 Å². The molecule has 184 valence electrons. The second kappa shape index (κ2) is 9.43. The Hall–Kier alpha value is -4.24. The van der Waals surface area contributed by atoms with Gasteiger partial charge in [-0.05, 0) is 67.8 Å². The van der Waals surface area contributed by atoms with Crippen molar-refractivity contribution in [3.8, 4) is 11.5 Å². The normalized spacial score (nSPS) is 13.7. The first-order valence-corrected chi connectivity index (χ1v) is 11.7. The number of aromatic nitrogens is 1. The highest BCUT2D eigenvalue weighted by Crippen LogP contribution is 2.31. The summed E-state index contributed by atoms with van der Waals surface area (Å²) >= 11 is 0. The molecule has 0 atom stereocenters. The number of carbonyl (C=O) groups excluding carboxylic acids is 1. The topological polar surface area (TPSA) is 111 Å². The van der Waals surface area contributed by atoms with E-state index in [1.165, 1.54) is 12.1 Å². The van der Waals surface area contributed by atoms with E-state index in [9.17, 15) is 14.9 Å². The lowest BCUT2D eigenvalue weighted by atomic mass is 10.1. The maximum absolute atomic E-state index is 13.4. The smallest absolute Gasteiger partial charge is 0.270 e. The molecule has 0 radical (unpaired) electrons. The zero-order valence-electron chi connectivity index (χ0n) is 20.3.